The van der Waals surface area contributed by atoms with Crippen LogP contribution in [-0.2, 0) is 4.74 Å². The van der Waals surface area contributed by atoms with Gasteiger partial charge in [-0.05, 0) is 33.3 Å². The van der Waals surface area contributed by atoms with Gasteiger partial charge in [-0.1, -0.05) is 30.3 Å². The second kappa shape index (κ2) is 12.5. The molecule has 24 heavy (non-hydrogen) atoms. The molecule has 1 unspecified atom stereocenters. The molecule has 5 nitrogen and oxygen atoms in total. The highest BCUT2D eigenvalue weighted by atomic mass is 127. The fourth-order valence-corrected chi connectivity index (χ4v) is 2.35. The molecule has 0 amide bonds. The Bertz CT molecular complexity index is 465. The van der Waals surface area contributed by atoms with Crippen LogP contribution < -0.4 is 16.0 Å². The minimum absolute atomic E-state index is 0. The molecule has 0 spiro atoms. The molecule has 138 valence electrons. The molecule has 6 heteroatoms. The number of rotatable bonds is 9. The smallest absolute Gasteiger partial charge is 0.191 e. The normalized spacial score (nSPS) is 13.1. The SMILES string of the molecule is CCNC(=NCC(C)(C)NC(C)c1ccccc1)NCCOC.I. The molecular formula is C18H33IN4O. The standard InChI is InChI=1S/C18H32N4O.HI/c1-6-19-17(20-12-13-23-5)21-14-18(3,4)22-15(2)16-10-8-7-9-11-16;/h7-11,15,22H,6,12-14H2,1-5H3,(H2,19,20,21);1H. The summed E-state index contributed by atoms with van der Waals surface area (Å²) in [6.45, 7) is 11.5. The monoisotopic (exact) mass is 448 g/mol. The molecule has 0 aliphatic heterocycles. The maximum Gasteiger partial charge on any atom is 0.191 e. The van der Waals surface area contributed by atoms with Crippen LogP contribution in [0.2, 0.25) is 0 Å². The molecule has 0 heterocycles. The van der Waals surface area contributed by atoms with Crippen molar-refractivity contribution >= 4 is 29.9 Å². The fraction of sp³-hybridized carbons (Fsp3) is 0.611. The zero-order valence-corrected chi connectivity index (χ0v) is 17.9. The quantitative estimate of drug-likeness (QED) is 0.235. The number of guanidine groups is 1. The second-order valence-corrected chi connectivity index (χ2v) is 6.28. The third kappa shape index (κ3) is 9.44. The summed E-state index contributed by atoms with van der Waals surface area (Å²) in [4.78, 5) is 4.68. The molecule has 0 fully saturated rings. The molecule has 0 radical (unpaired) electrons. The molecule has 0 aliphatic rings. The molecule has 1 rings (SSSR count). The summed E-state index contributed by atoms with van der Waals surface area (Å²) >= 11 is 0. The first-order valence-electron chi connectivity index (χ1n) is 8.32. The van der Waals surface area contributed by atoms with Crippen LogP contribution in [0.25, 0.3) is 0 Å². The number of nitrogens with one attached hydrogen (secondary N) is 3. The van der Waals surface area contributed by atoms with Crippen LogP contribution in [0.1, 0.15) is 39.3 Å². The zero-order chi connectivity index (χ0) is 17.1. The number of hydrogen-bond donors (Lipinski definition) is 3. The van der Waals surface area contributed by atoms with Crippen molar-refractivity contribution in [3.05, 3.63) is 35.9 Å². The maximum absolute atomic E-state index is 5.06. The van der Waals surface area contributed by atoms with Crippen molar-refractivity contribution in [1.82, 2.24) is 16.0 Å². The van der Waals surface area contributed by atoms with E-state index in [0.717, 1.165) is 19.0 Å². The molecule has 3 N–H and O–H groups in total. The van der Waals surface area contributed by atoms with E-state index >= 15 is 0 Å². The first-order chi connectivity index (χ1) is 11.0. The van der Waals surface area contributed by atoms with Crippen LogP contribution in [0, 0.1) is 0 Å². The van der Waals surface area contributed by atoms with E-state index in [4.69, 9.17) is 4.74 Å². The maximum atomic E-state index is 5.06. The van der Waals surface area contributed by atoms with Crippen LogP contribution in [-0.4, -0.2) is 44.8 Å². The van der Waals surface area contributed by atoms with Gasteiger partial charge in [-0.15, -0.1) is 24.0 Å². The molecule has 1 aromatic carbocycles. The van der Waals surface area contributed by atoms with Crippen molar-refractivity contribution in [3.8, 4) is 0 Å². The van der Waals surface area contributed by atoms with Gasteiger partial charge in [-0.25, -0.2) is 0 Å². The largest absolute Gasteiger partial charge is 0.383 e. The van der Waals surface area contributed by atoms with Gasteiger partial charge in [0.15, 0.2) is 5.96 Å². The summed E-state index contributed by atoms with van der Waals surface area (Å²) in [6.07, 6.45) is 0. The van der Waals surface area contributed by atoms with Crippen LogP contribution in [0.4, 0.5) is 0 Å². The zero-order valence-electron chi connectivity index (χ0n) is 15.6. The van der Waals surface area contributed by atoms with Gasteiger partial charge in [0.2, 0.25) is 0 Å². The van der Waals surface area contributed by atoms with Crippen LogP contribution in [0.15, 0.2) is 35.3 Å². The summed E-state index contributed by atoms with van der Waals surface area (Å²) in [6, 6.07) is 10.8. The third-order valence-corrected chi connectivity index (χ3v) is 3.48. The Balaban J connectivity index is 0.00000529. The highest BCUT2D eigenvalue weighted by molar-refractivity contribution is 14.0. The summed E-state index contributed by atoms with van der Waals surface area (Å²) in [5, 5.41) is 10.2. The first kappa shape index (κ1) is 23.1. The lowest BCUT2D eigenvalue weighted by atomic mass is 10.0. The van der Waals surface area contributed by atoms with E-state index < -0.39 is 0 Å². The molecule has 0 aromatic heterocycles. The molecule has 0 aliphatic carbocycles. The van der Waals surface area contributed by atoms with E-state index in [2.05, 4.69) is 72.9 Å². The molecule has 0 bridgehead atoms. The number of hydrogen-bond acceptors (Lipinski definition) is 3. The fourth-order valence-electron chi connectivity index (χ4n) is 2.35. The van der Waals surface area contributed by atoms with Gasteiger partial charge >= 0.3 is 0 Å². The van der Waals surface area contributed by atoms with E-state index in [1.807, 2.05) is 6.07 Å². The number of halogens is 1. The predicted octanol–water partition coefficient (Wildman–Crippen LogP) is 2.94. The van der Waals surface area contributed by atoms with Gasteiger partial charge in [0.25, 0.3) is 0 Å². The van der Waals surface area contributed by atoms with Crippen molar-refractivity contribution in [3.63, 3.8) is 0 Å². The number of benzene rings is 1. The van der Waals surface area contributed by atoms with E-state index in [9.17, 15) is 0 Å². The van der Waals surface area contributed by atoms with Crippen molar-refractivity contribution < 1.29 is 4.74 Å². The van der Waals surface area contributed by atoms with Crippen molar-refractivity contribution in [2.45, 2.75) is 39.3 Å². The number of aliphatic imine (C=N–C) groups is 1. The van der Waals surface area contributed by atoms with E-state index in [-0.39, 0.29) is 35.6 Å². The molecule has 0 saturated carbocycles. The van der Waals surface area contributed by atoms with Crippen molar-refractivity contribution in [2.75, 3.05) is 33.4 Å². The van der Waals surface area contributed by atoms with Gasteiger partial charge in [-0.2, -0.15) is 0 Å². The van der Waals surface area contributed by atoms with Crippen LogP contribution >= 0.6 is 24.0 Å². The molecule has 0 saturated heterocycles. The Morgan fingerprint density at radius 3 is 2.46 bits per heavy atom. The number of methoxy groups -OCH3 is 1. The third-order valence-electron chi connectivity index (χ3n) is 3.48. The van der Waals surface area contributed by atoms with E-state index in [1.54, 1.807) is 7.11 Å². The average Bonchev–Trinajstić information content (AvgIpc) is 2.53. The Morgan fingerprint density at radius 2 is 1.88 bits per heavy atom. The average molecular weight is 448 g/mol. The van der Waals surface area contributed by atoms with Gasteiger partial charge in [-0.3, -0.25) is 4.99 Å². The molecule has 1 atom stereocenters. The predicted molar refractivity (Wildman–Crippen MR) is 113 cm³/mol. The topological polar surface area (TPSA) is 57.7 Å². The number of nitrogens with zero attached hydrogens (tertiary/aromatic N) is 1. The lowest BCUT2D eigenvalue weighted by Gasteiger charge is -2.29. The minimum atomic E-state index is -0.0983. The lowest BCUT2D eigenvalue weighted by molar-refractivity contribution is 0.203. The molecular weight excluding hydrogens is 415 g/mol. The highest BCUT2D eigenvalue weighted by Crippen LogP contribution is 2.16. The Kier molecular flexibility index (Phi) is 12.0. The van der Waals surface area contributed by atoms with Crippen LogP contribution in [0.5, 0.6) is 0 Å². The summed E-state index contributed by atoms with van der Waals surface area (Å²) in [5.74, 6) is 0.826. The first-order valence-corrected chi connectivity index (χ1v) is 8.32. The van der Waals surface area contributed by atoms with Crippen molar-refractivity contribution in [2.24, 2.45) is 4.99 Å². The summed E-state index contributed by atoms with van der Waals surface area (Å²) in [5.41, 5.74) is 1.19. The van der Waals surface area contributed by atoms with E-state index in [0.29, 0.717) is 13.2 Å². The second-order valence-electron chi connectivity index (χ2n) is 6.28. The Hall–Kier alpha value is -0.860. The van der Waals surface area contributed by atoms with Gasteiger partial charge in [0.1, 0.15) is 0 Å². The molecule has 1 aromatic rings. The summed E-state index contributed by atoms with van der Waals surface area (Å²) < 4.78 is 5.06. The number of ether oxygens (including phenoxy) is 1. The lowest BCUT2D eigenvalue weighted by Crippen LogP contribution is -2.45. The Morgan fingerprint density at radius 1 is 1.21 bits per heavy atom. The minimum Gasteiger partial charge on any atom is -0.383 e. The Labute approximate surface area is 164 Å². The van der Waals surface area contributed by atoms with Gasteiger partial charge in [0.05, 0.1) is 13.2 Å². The van der Waals surface area contributed by atoms with Gasteiger partial charge in [0, 0.05) is 31.8 Å². The summed E-state index contributed by atoms with van der Waals surface area (Å²) in [7, 11) is 1.70. The van der Waals surface area contributed by atoms with Crippen LogP contribution in [0.3, 0.4) is 0 Å². The van der Waals surface area contributed by atoms with Crippen molar-refractivity contribution in [1.29, 1.82) is 0 Å². The highest BCUT2D eigenvalue weighted by Gasteiger charge is 2.20. The van der Waals surface area contributed by atoms with Gasteiger partial charge < -0.3 is 20.7 Å². The van der Waals surface area contributed by atoms with E-state index in [1.165, 1.54) is 5.56 Å².